The maximum atomic E-state index is 13.0. The first-order chi connectivity index (χ1) is 13.8. The molecule has 5 nitrogen and oxygen atoms in total. The Hall–Kier alpha value is -2.97. The van der Waals surface area contributed by atoms with Crippen LogP contribution in [0.1, 0.15) is 11.1 Å². The second-order valence-electron chi connectivity index (χ2n) is 6.39. The Morgan fingerprint density at radius 3 is 2.34 bits per heavy atom. The van der Waals surface area contributed by atoms with E-state index in [0.717, 1.165) is 5.56 Å². The van der Waals surface area contributed by atoms with E-state index in [4.69, 9.17) is 12.2 Å². The van der Waals surface area contributed by atoms with Crippen molar-refractivity contribution in [1.29, 1.82) is 0 Å². The lowest BCUT2D eigenvalue weighted by Crippen LogP contribution is -2.28. The molecule has 0 radical (unpaired) electrons. The molecule has 0 heterocycles. The molecule has 0 fully saturated rings. The molecule has 8 heteroatoms. The normalized spacial score (nSPS) is 11.0. The van der Waals surface area contributed by atoms with E-state index < -0.39 is 10.0 Å². The molecule has 0 aliphatic carbocycles. The van der Waals surface area contributed by atoms with Gasteiger partial charge in [0.25, 0.3) is 10.0 Å². The van der Waals surface area contributed by atoms with Crippen LogP contribution in [-0.4, -0.2) is 13.5 Å². The van der Waals surface area contributed by atoms with Gasteiger partial charge in [0.15, 0.2) is 5.11 Å². The van der Waals surface area contributed by atoms with Crippen LogP contribution in [0.15, 0.2) is 77.7 Å². The van der Waals surface area contributed by atoms with Gasteiger partial charge in [0.1, 0.15) is 5.82 Å². The quantitative estimate of drug-likeness (QED) is 0.506. The fraction of sp³-hybridized carbons (Fsp3) is 0.0952. The Morgan fingerprint density at radius 2 is 1.66 bits per heavy atom. The number of hydrogen-bond donors (Lipinski definition) is 3. The minimum absolute atomic E-state index is 0.160. The number of halogens is 1. The third-order valence-electron chi connectivity index (χ3n) is 4.13. The highest BCUT2D eigenvalue weighted by molar-refractivity contribution is 7.92. The summed E-state index contributed by atoms with van der Waals surface area (Å²) in [6.07, 6.45) is 0. The number of anilines is 2. The van der Waals surface area contributed by atoms with E-state index in [-0.39, 0.29) is 10.7 Å². The second kappa shape index (κ2) is 9.02. The molecule has 0 amide bonds. The molecule has 0 bridgehead atoms. The van der Waals surface area contributed by atoms with Gasteiger partial charge in [0.05, 0.1) is 4.90 Å². The number of hydrogen-bond acceptors (Lipinski definition) is 3. The van der Waals surface area contributed by atoms with Crippen LogP contribution >= 0.6 is 12.2 Å². The molecule has 3 aromatic carbocycles. The molecule has 0 spiro atoms. The molecular weight excluding hydrogens is 409 g/mol. The molecular formula is C21H20FN3O2S2. The standard InChI is InChI=1S/C21H20FN3O2S2/c1-15-7-12-19(24-21(28)23-14-16-8-10-17(22)11-9-16)13-20(15)29(26,27)25-18-5-3-2-4-6-18/h2-13,25H,14H2,1H3,(H2,23,24,28). The Bertz CT molecular complexity index is 1100. The van der Waals surface area contributed by atoms with E-state index in [2.05, 4.69) is 15.4 Å². The summed E-state index contributed by atoms with van der Waals surface area (Å²) in [6, 6.07) is 19.8. The van der Waals surface area contributed by atoms with Crippen molar-refractivity contribution in [3.8, 4) is 0 Å². The summed E-state index contributed by atoms with van der Waals surface area (Å²) in [5.74, 6) is -0.299. The van der Waals surface area contributed by atoms with Gasteiger partial charge in [-0.25, -0.2) is 12.8 Å². The van der Waals surface area contributed by atoms with Crippen molar-refractivity contribution >= 4 is 38.7 Å². The van der Waals surface area contributed by atoms with Crippen molar-refractivity contribution in [3.05, 3.63) is 89.7 Å². The van der Waals surface area contributed by atoms with E-state index in [1.165, 1.54) is 18.2 Å². The zero-order valence-electron chi connectivity index (χ0n) is 15.6. The van der Waals surface area contributed by atoms with Crippen molar-refractivity contribution in [2.75, 3.05) is 10.0 Å². The van der Waals surface area contributed by atoms with Crippen molar-refractivity contribution in [1.82, 2.24) is 5.32 Å². The Kier molecular flexibility index (Phi) is 6.46. The topological polar surface area (TPSA) is 70.2 Å². The van der Waals surface area contributed by atoms with Gasteiger partial charge in [0.2, 0.25) is 0 Å². The summed E-state index contributed by atoms with van der Waals surface area (Å²) in [4.78, 5) is 0.160. The van der Waals surface area contributed by atoms with E-state index in [0.29, 0.717) is 28.6 Å². The molecule has 3 rings (SSSR count). The highest BCUT2D eigenvalue weighted by atomic mass is 32.2. The lowest BCUT2D eigenvalue weighted by molar-refractivity contribution is 0.600. The molecule has 0 aromatic heterocycles. The first-order valence-corrected chi connectivity index (χ1v) is 10.7. The summed E-state index contributed by atoms with van der Waals surface area (Å²) >= 11 is 5.27. The molecule has 0 saturated carbocycles. The molecule has 150 valence electrons. The van der Waals surface area contributed by atoms with Crippen LogP contribution in [0.4, 0.5) is 15.8 Å². The summed E-state index contributed by atoms with van der Waals surface area (Å²) in [6.45, 7) is 2.15. The maximum absolute atomic E-state index is 13.0. The number of nitrogens with one attached hydrogen (secondary N) is 3. The molecule has 0 aliphatic rings. The first-order valence-electron chi connectivity index (χ1n) is 8.81. The van der Waals surface area contributed by atoms with E-state index in [1.807, 2.05) is 6.07 Å². The van der Waals surface area contributed by atoms with Crippen molar-refractivity contribution in [3.63, 3.8) is 0 Å². The lowest BCUT2D eigenvalue weighted by Gasteiger charge is -2.14. The monoisotopic (exact) mass is 429 g/mol. The number of para-hydroxylation sites is 1. The van der Waals surface area contributed by atoms with Gasteiger partial charge < -0.3 is 10.6 Å². The number of aryl methyl sites for hydroxylation is 1. The predicted molar refractivity (Wildman–Crippen MR) is 118 cm³/mol. The number of rotatable bonds is 6. The minimum atomic E-state index is -3.75. The largest absolute Gasteiger partial charge is 0.358 e. The van der Waals surface area contributed by atoms with Crippen LogP contribution in [0, 0.1) is 12.7 Å². The minimum Gasteiger partial charge on any atom is -0.358 e. The summed E-state index contributed by atoms with van der Waals surface area (Å²) in [7, 11) is -3.75. The summed E-state index contributed by atoms with van der Waals surface area (Å²) < 4.78 is 41.1. The number of thiocarbonyl (C=S) groups is 1. The lowest BCUT2D eigenvalue weighted by atomic mass is 10.2. The third-order valence-corrected chi connectivity index (χ3v) is 5.90. The van der Waals surface area contributed by atoms with Crippen LogP contribution in [0.3, 0.4) is 0 Å². The Labute approximate surface area is 175 Å². The molecule has 0 atom stereocenters. The van der Waals surface area contributed by atoms with Gasteiger partial charge in [-0.2, -0.15) is 0 Å². The zero-order chi connectivity index (χ0) is 20.9. The molecule has 0 aliphatic heterocycles. The smallest absolute Gasteiger partial charge is 0.262 e. The van der Waals surface area contributed by atoms with Gasteiger partial charge >= 0.3 is 0 Å². The highest BCUT2D eigenvalue weighted by Crippen LogP contribution is 2.23. The average molecular weight is 430 g/mol. The number of sulfonamides is 1. The summed E-state index contributed by atoms with van der Waals surface area (Å²) in [5.41, 5.74) is 2.52. The van der Waals surface area contributed by atoms with Gasteiger partial charge in [-0.05, 0) is 66.7 Å². The average Bonchev–Trinajstić information content (AvgIpc) is 2.69. The predicted octanol–water partition coefficient (Wildman–Crippen LogP) is 4.42. The second-order valence-corrected chi connectivity index (χ2v) is 8.45. The SMILES string of the molecule is Cc1ccc(NC(=S)NCc2ccc(F)cc2)cc1S(=O)(=O)Nc1ccccc1. The third kappa shape index (κ3) is 5.75. The van der Waals surface area contributed by atoms with E-state index in [1.54, 1.807) is 55.5 Å². The van der Waals surface area contributed by atoms with E-state index >= 15 is 0 Å². The fourth-order valence-electron chi connectivity index (χ4n) is 2.64. The molecule has 29 heavy (non-hydrogen) atoms. The maximum Gasteiger partial charge on any atom is 0.262 e. The van der Waals surface area contributed by atoms with Crippen molar-refractivity contribution < 1.29 is 12.8 Å². The van der Waals surface area contributed by atoms with Gasteiger partial charge in [-0.15, -0.1) is 0 Å². The van der Waals surface area contributed by atoms with Crippen LogP contribution < -0.4 is 15.4 Å². The molecule has 0 saturated heterocycles. The molecule has 0 unspecified atom stereocenters. The Balaban J connectivity index is 1.69. The van der Waals surface area contributed by atoms with Gasteiger partial charge in [0, 0.05) is 17.9 Å². The highest BCUT2D eigenvalue weighted by Gasteiger charge is 2.18. The van der Waals surface area contributed by atoms with Crippen LogP contribution in [0.5, 0.6) is 0 Å². The molecule has 3 aromatic rings. The molecule has 3 N–H and O–H groups in total. The van der Waals surface area contributed by atoms with Gasteiger partial charge in [-0.1, -0.05) is 36.4 Å². The first kappa shape index (κ1) is 20.8. The number of benzene rings is 3. The van der Waals surface area contributed by atoms with Crippen LogP contribution in [-0.2, 0) is 16.6 Å². The fourth-order valence-corrected chi connectivity index (χ4v) is 4.16. The zero-order valence-corrected chi connectivity index (χ0v) is 17.3. The van der Waals surface area contributed by atoms with Crippen molar-refractivity contribution in [2.45, 2.75) is 18.4 Å². The summed E-state index contributed by atoms with van der Waals surface area (Å²) in [5, 5.41) is 6.32. The van der Waals surface area contributed by atoms with E-state index in [9.17, 15) is 12.8 Å². The van der Waals surface area contributed by atoms with Crippen molar-refractivity contribution in [2.24, 2.45) is 0 Å². The van der Waals surface area contributed by atoms with Crippen LogP contribution in [0.25, 0.3) is 0 Å². The van der Waals surface area contributed by atoms with Gasteiger partial charge in [-0.3, -0.25) is 4.72 Å². The Morgan fingerprint density at radius 1 is 0.966 bits per heavy atom. The van der Waals surface area contributed by atoms with Crippen LogP contribution in [0.2, 0.25) is 0 Å².